The molecule has 0 saturated carbocycles. The van der Waals surface area contributed by atoms with E-state index in [1.54, 1.807) is 4.90 Å². The Hall–Kier alpha value is -2.30. The molecule has 0 atom stereocenters. The van der Waals surface area contributed by atoms with E-state index >= 15 is 0 Å². The Labute approximate surface area is 179 Å². The lowest BCUT2D eigenvalue weighted by atomic mass is 10.1. The van der Waals surface area contributed by atoms with Crippen LogP contribution in [0, 0.1) is 0 Å². The van der Waals surface area contributed by atoms with Gasteiger partial charge >= 0.3 is 6.18 Å². The molecule has 2 aromatic carbocycles. The zero-order valence-corrected chi connectivity index (χ0v) is 17.4. The topological polar surface area (TPSA) is 54.5 Å². The highest BCUT2D eigenvalue weighted by atomic mass is 32.2. The number of hydrogen-bond acceptors (Lipinski definition) is 6. The number of anilines is 2. The second-order valence-corrected chi connectivity index (χ2v) is 8.87. The number of halogens is 3. The lowest BCUT2D eigenvalue weighted by Crippen LogP contribution is -2.37. The number of aromatic nitrogens is 1. The van der Waals surface area contributed by atoms with E-state index in [0.29, 0.717) is 37.7 Å². The van der Waals surface area contributed by atoms with Gasteiger partial charge in [0.1, 0.15) is 0 Å². The van der Waals surface area contributed by atoms with Gasteiger partial charge in [-0.2, -0.15) is 13.2 Å². The summed E-state index contributed by atoms with van der Waals surface area (Å²) in [5.74, 6) is -0.183. The number of para-hydroxylation sites is 1. The number of thioether (sulfide) groups is 1. The third-order valence-corrected chi connectivity index (χ3v) is 6.73. The summed E-state index contributed by atoms with van der Waals surface area (Å²) in [5.41, 5.74) is 0.847. The molecular weight excluding hydrogens is 435 g/mol. The minimum atomic E-state index is -4.45. The van der Waals surface area contributed by atoms with Gasteiger partial charge in [0.15, 0.2) is 4.34 Å². The molecule has 3 aromatic rings. The van der Waals surface area contributed by atoms with Crippen LogP contribution in [-0.2, 0) is 15.7 Å². The van der Waals surface area contributed by atoms with Crippen LogP contribution in [0.1, 0.15) is 5.56 Å². The fraction of sp³-hybridized carbons (Fsp3) is 0.300. The second-order valence-electron chi connectivity index (χ2n) is 6.61. The number of thiazole rings is 1. The molecule has 2 heterocycles. The highest BCUT2D eigenvalue weighted by Crippen LogP contribution is 2.36. The van der Waals surface area contributed by atoms with Crippen LogP contribution in [0.3, 0.4) is 0 Å². The Morgan fingerprint density at radius 3 is 2.70 bits per heavy atom. The maximum atomic E-state index is 13.2. The van der Waals surface area contributed by atoms with Gasteiger partial charge in [-0.05, 0) is 30.3 Å². The smallest absolute Gasteiger partial charge is 0.378 e. The minimum Gasteiger partial charge on any atom is -0.378 e. The van der Waals surface area contributed by atoms with E-state index in [0.717, 1.165) is 26.7 Å². The van der Waals surface area contributed by atoms with Crippen molar-refractivity contribution in [3.8, 4) is 0 Å². The number of morpholine rings is 1. The molecule has 1 aliphatic rings. The van der Waals surface area contributed by atoms with Crippen molar-refractivity contribution in [1.29, 1.82) is 0 Å². The molecule has 0 spiro atoms. The van der Waals surface area contributed by atoms with E-state index < -0.39 is 11.7 Å². The van der Waals surface area contributed by atoms with Crippen molar-refractivity contribution in [1.82, 2.24) is 4.98 Å². The van der Waals surface area contributed by atoms with Gasteiger partial charge in [-0.3, -0.25) is 4.79 Å². The van der Waals surface area contributed by atoms with Crippen molar-refractivity contribution in [2.24, 2.45) is 0 Å². The number of amides is 1. The highest BCUT2D eigenvalue weighted by Gasteiger charge is 2.32. The first-order valence-corrected chi connectivity index (χ1v) is 11.0. The van der Waals surface area contributed by atoms with Gasteiger partial charge in [-0.25, -0.2) is 4.98 Å². The highest BCUT2D eigenvalue weighted by molar-refractivity contribution is 8.01. The van der Waals surface area contributed by atoms with Crippen LogP contribution < -0.4 is 10.2 Å². The quantitative estimate of drug-likeness (QED) is 0.558. The number of ether oxygens (including phenoxy) is 1. The number of nitrogens with zero attached hydrogens (tertiary/aromatic N) is 2. The van der Waals surface area contributed by atoms with Gasteiger partial charge < -0.3 is 15.0 Å². The van der Waals surface area contributed by atoms with Crippen LogP contribution in [0.5, 0.6) is 0 Å². The number of carbonyl (C=O) groups excluding carboxylic acids is 1. The Kier molecular flexibility index (Phi) is 6.16. The SMILES string of the molecule is O=C(CSc1nc2ccccc2s1)Nc1ccc(C(F)(F)F)cc1N1CCOCC1. The molecule has 1 fully saturated rings. The van der Waals surface area contributed by atoms with Gasteiger partial charge in [0, 0.05) is 13.1 Å². The predicted molar refractivity (Wildman–Crippen MR) is 113 cm³/mol. The number of carbonyl (C=O) groups is 1. The summed E-state index contributed by atoms with van der Waals surface area (Å²) in [4.78, 5) is 18.8. The van der Waals surface area contributed by atoms with Crippen molar-refractivity contribution in [2.75, 3.05) is 42.3 Å². The lowest BCUT2D eigenvalue weighted by molar-refractivity contribution is -0.137. The van der Waals surface area contributed by atoms with Gasteiger partial charge in [0.25, 0.3) is 0 Å². The normalized spacial score (nSPS) is 14.8. The summed E-state index contributed by atoms with van der Waals surface area (Å²) in [5, 5.41) is 2.76. The van der Waals surface area contributed by atoms with E-state index in [-0.39, 0.29) is 11.7 Å². The third kappa shape index (κ3) is 4.88. The Bertz CT molecular complexity index is 1020. The summed E-state index contributed by atoms with van der Waals surface area (Å²) in [7, 11) is 0. The first kappa shape index (κ1) is 21.0. The molecule has 158 valence electrons. The number of rotatable bonds is 5. The zero-order valence-electron chi connectivity index (χ0n) is 15.7. The van der Waals surface area contributed by atoms with Gasteiger partial charge in [0.2, 0.25) is 5.91 Å². The average molecular weight is 454 g/mol. The van der Waals surface area contributed by atoms with Crippen molar-refractivity contribution in [3.05, 3.63) is 48.0 Å². The molecule has 0 unspecified atom stereocenters. The molecule has 4 rings (SSSR count). The Balaban J connectivity index is 1.48. The average Bonchev–Trinajstić information content (AvgIpc) is 3.15. The monoisotopic (exact) mass is 453 g/mol. The Morgan fingerprint density at radius 2 is 1.97 bits per heavy atom. The summed E-state index contributed by atoms with van der Waals surface area (Å²) >= 11 is 2.80. The summed E-state index contributed by atoms with van der Waals surface area (Å²) in [6.45, 7) is 1.78. The van der Waals surface area contributed by atoms with Gasteiger partial charge in [0.05, 0.1) is 46.1 Å². The minimum absolute atomic E-state index is 0.114. The van der Waals surface area contributed by atoms with Crippen LogP contribution in [0.15, 0.2) is 46.8 Å². The lowest BCUT2D eigenvalue weighted by Gasteiger charge is -2.31. The molecule has 1 N–H and O–H groups in total. The van der Waals surface area contributed by atoms with E-state index in [4.69, 9.17) is 4.74 Å². The maximum Gasteiger partial charge on any atom is 0.416 e. The molecule has 30 heavy (non-hydrogen) atoms. The number of benzene rings is 2. The van der Waals surface area contributed by atoms with Crippen molar-refractivity contribution in [2.45, 2.75) is 10.5 Å². The molecule has 1 aliphatic heterocycles. The van der Waals surface area contributed by atoms with Crippen molar-refractivity contribution < 1.29 is 22.7 Å². The summed E-state index contributed by atoms with van der Waals surface area (Å²) in [6.07, 6.45) is -4.45. The molecule has 1 amide bonds. The zero-order chi connectivity index (χ0) is 21.1. The maximum absolute atomic E-state index is 13.2. The van der Waals surface area contributed by atoms with E-state index in [1.807, 2.05) is 24.3 Å². The van der Waals surface area contributed by atoms with Gasteiger partial charge in [-0.15, -0.1) is 11.3 Å². The molecule has 5 nitrogen and oxygen atoms in total. The summed E-state index contributed by atoms with van der Waals surface area (Å²) < 4.78 is 46.7. The van der Waals surface area contributed by atoms with Crippen LogP contribution >= 0.6 is 23.1 Å². The molecule has 0 bridgehead atoms. The largest absolute Gasteiger partial charge is 0.416 e. The van der Waals surface area contributed by atoms with Gasteiger partial charge in [-0.1, -0.05) is 23.9 Å². The van der Waals surface area contributed by atoms with Crippen LogP contribution in [-0.4, -0.2) is 42.9 Å². The first-order chi connectivity index (χ1) is 14.4. The van der Waals surface area contributed by atoms with Crippen molar-refractivity contribution in [3.63, 3.8) is 0 Å². The summed E-state index contributed by atoms with van der Waals surface area (Å²) in [6, 6.07) is 11.1. The number of fused-ring (bicyclic) bond motifs is 1. The van der Waals surface area contributed by atoms with Crippen LogP contribution in [0.4, 0.5) is 24.5 Å². The number of hydrogen-bond donors (Lipinski definition) is 1. The standard InChI is InChI=1S/C20H18F3N3O2S2/c21-20(22,23)13-5-6-14(16(11-13)26-7-9-28-10-8-26)24-18(27)12-29-19-25-15-3-1-2-4-17(15)30-19/h1-6,11H,7-10,12H2,(H,24,27). The van der Waals surface area contributed by atoms with E-state index in [1.165, 1.54) is 29.2 Å². The van der Waals surface area contributed by atoms with E-state index in [2.05, 4.69) is 10.3 Å². The number of nitrogens with one attached hydrogen (secondary N) is 1. The molecule has 1 aromatic heterocycles. The van der Waals surface area contributed by atoms with Crippen molar-refractivity contribution >= 4 is 50.6 Å². The number of alkyl halides is 3. The Morgan fingerprint density at radius 1 is 1.20 bits per heavy atom. The fourth-order valence-electron chi connectivity index (χ4n) is 3.11. The molecule has 10 heteroatoms. The molecular formula is C20H18F3N3O2S2. The predicted octanol–water partition coefficient (Wildman–Crippen LogP) is 4.88. The molecule has 1 saturated heterocycles. The molecule has 0 radical (unpaired) electrons. The third-order valence-electron chi connectivity index (χ3n) is 4.55. The first-order valence-electron chi connectivity index (χ1n) is 9.22. The van der Waals surface area contributed by atoms with Crippen LogP contribution in [0.2, 0.25) is 0 Å². The molecule has 0 aliphatic carbocycles. The van der Waals surface area contributed by atoms with E-state index in [9.17, 15) is 18.0 Å². The van der Waals surface area contributed by atoms with Crippen LogP contribution in [0.25, 0.3) is 10.2 Å². The second kappa shape index (κ2) is 8.83. The fourth-order valence-corrected chi connectivity index (χ4v) is 4.97.